The predicted octanol–water partition coefficient (Wildman–Crippen LogP) is 4.67. The Morgan fingerprint density at radius 3 is 2.39 bits per heavy atom. The molecule has 1 aliphatic heterocycles. The summed E-state index contributed by atoms with van der Waals surface area (Å²) in [6.07, 6.45) is 11.6. The lowest BCUT2D eigenvalue weighted by Crippen LogP contribution is -2.51. The van der Waals surface area contributed by atoms with E-state index in [1.807, 2.05) is 24.9 Å². The first-order chi connectivity index (χ1) is 24.6. The van der Waals surface area contributed by atoms with Crippen molar-refractivity contribution < 1.29 is 28.7 Å². The summed E-state index contributed by atoms with van der Waals surface area (Å²) in [5.41, 5.74) is 4.82. The van der Waals surface area contributed by atoms with Gasteiger partial charge in [-0.1, -0.05) is 19.9 Å². The van der Waals surface area contributed by atoms with E-state index in [9.17, 15) is 19.2 Å². The average molecular weight is 705 g/mol. The van der Waals surface area contributed by atoms with Crippen molar-refractivity contribution in [3.05, 3.63) is 47.3 Å². The lowest BCUT2D eigenvalue weighted by molar-refractivity contribution is -0.135. The van der Waals surface area contributed by atoms with Crippen LogP contribution in [-0.2, 0) is 36.3 Å². The highest BCUT2D eigenvalue weighted by molar-refractivity contribution is 5.86. The van der Waals surface area contributed by atoms with Crippen LogP contribution in [0.1, 0.15) is 107 Å². The molecule has 0 spiro atoms. The smallest absolute Gasteiger partial charge is 0.407 e. The van der Waals surface area contributed by atoms with Crippen LogP contribution in [0.2, 0.25) is 0 Å². The van der Waals surface area contributed by atoms with E-state index < -0.39 is 18.2 Å². The van der Waals surface area contributed by atoms with Crippen LogP contribution < -0.4 is 16.0 Å². The number of hydrogen-bond donors (Lipinski definition) is 5. The van der Waals surface area contributed by atoms with Crippen molar-refractivity contribution in [2.24, 2.45) is 5.92 Å². The normalized spacial score (nSPS) is 23.3. The van der Waals surface area contributed by atoms with E-state index in [1.165, 1.54) is 25.5 Å². The fourth-order valence-corrected chi connectivity index (χ4v) is 8.43. The van der Waals surface area contributed by atoms with Gasteiger partial charge in [0.15, 0.2) is 0 Å². The number of amides is 4. The van der Waals surface area contributed by atoms with Crippen molar-refractivity contribution >= 4 is 35.0 Å². The third-order valence-electron chi connectivity index (χ3n) is 11.5. The second kappa shape index (κ2) is 15.3. The number of aromatic amines is 2. The summed E-state index contributed by atoms with van der Waals surface area (Å²) in [4.78, 5) is 67.3. The molecule has 2 atom stereocenters. The van der Waals surface area contributed by atoms with Gasteiger partial charge in [0.25, 0.3) is 0 Å². The topological polar surface area (TPSA) is 183 Å². The van der Waals surface area contributed by atoms with Crippen molar-refractivity contribution in [1.82, 2.24) is 40.8 Å². The van der Waals surface area contributed by atoms with Crippen LogP contribution in [0, 0.1) is 5.92 Å². The van der Waals surface area contributed by atoms with E-state index in [4.69, 9.17) is 14.7 Å². The summed E-state index contributed by atoms with van der Waals surface area (Å²) in [6, 6.07) is 5.92. The second-order valence-corrected chi connectivity index (χ2v) is 14.9. The van der Waals surface area contributed by atoms with Gasteiger partial charge >= 0.3 is 12.2 Å². The fourth-order valence-electron chi connectivity index (χ4n) is 8.43. The summed E-state index contributed by atoms with van der Waals surface area (Å²) in [5, 5.41) is 7.91. The maximum absolute atomic E-state index is 13.6. The minimum absolute atomic E-state index is 0.0654. The van der Waals surface area contributed by atoms with E-state index in [1.54, 1.807) is 0 Å². The number of likely N-dealkylation sites (tertiary alicyclic amines) is 1. The van der Waals surface area contributed by atoms with Gasteiger partial charge in [0.05, 0.1) is 37.8 Å². The van der Waals surface area contributed by atoms with Crippen molar-refractivity contribution in [2.75, 3.05) is 33.9 Å². The average Bonchev–Trinajstić information content (AvgIpc) is 3.93. The number of hydrogen-bond acceptors (Lipinski definition) is 8. The number of benzene rings is 1. The van der Waals surface area contributed by atoms with Gasteiger partial charge in [-0.25, -0.2) is 19.6 Å². The SMILES string of the molecule is COC(=O)NCC(=O)NCCCCc1nc2ccc(C34CCC(c5cnc(C6CCCN6C(=O)C(NC(=O)OC)C(C)C)[nH]5)(CC3)CC4)cc2[nH]1. The number of carbonyl (C=O) groups is 4. The summed E-state index contributed by atoms with van der Waals surface area (Å²) in [7, 11) is 2.57. The molecule has 14 heteroatoms. The van der Waals surface area contributed by atoms with Gasteiger partial charge in [-0.05, 0) is 93.2 Å². The number of aromatic nitrogens is 4. The first-order valence-corrected chi connectivity index (χ1v) is 18.3. The number of methoxy groups -OCH3 is 2. The molecule has 3 heterocycles. The number of nitrogens with one attached hydrogen (secondary N) is 5. The number of H-pyrrole nitrogens is 2. The zero-order valence-corrected chi connectivity index (χ0v) is 30.2. The molecule has 4 amide bonds. The molecule has 276 valence electrons. The maximum atomic E-state index is 13.6. The Kier molecular flexibility index (Phi) is 10.9. The number of unbranched alkanes of at least 4 members (excludes halogenated alkanes) is 1. The number of imidazole rings is 2. The molecule has 5 N–H and O–H groups in total. The molecule has 4 fully saturated rings. The molecule has 2 aromatic heterocycles. The van der Waals surface area contributed by atoms with Crippen LogP contribution in [0.3, 0.4) is 0 Å². The molecule has 0 radical (unpaired) electrons. The minimum Gasteiger partial charge on any atom is -0.453 e. The Morgan fingerprint density at radius 1 is 0.961 bits per heavy atom. The van der Waals surface area contributed by atoms with Gasteiger partial charge < -0.3 is 40.3 Å². The Hall–Kier alpha value is -4.62. The number of ether oxygens (including phenoxy) is 2. The van der Waals surface area contributed by atoms with Crippen LogP contribution in [-0.4, -0.2) is 88.7 Å². The Labute approximate surface area is 298 Å². The van der Waals surface area contributed by atoms with Crippen molar-refractivity contribution in [2.45, 2.75) is 107 Å². The zero-order valence-electron chi connectivity index (χ0n) is 30.2. The predicted molar refractivity (Wildman–Crippen MR) is 190 cm³/mol. The highest BCUT2D eigenvalue weighted by Gasteiger charge is 2.51. The molecular weight excluding hydrogens is 652 g/mol. The molecular formula is C37H52N8O6. The monoisotopic (exact) mass is 704 g/mol. The van der Waals surface area contributed by atoms with Crippen molar-refractivity contribution in [1.29, 1.82) is 0 Å². The van der Waals surface area contributed by atoms with Gasteiger partial charge in [-0.15, -0.1) is 0 Å². The molecule has 3 aliphatic carbocycles. The number of alkyl carbamates (subject to hydrolysis) is 2. The number of rotatable bonds is 13. The molecule has 4 aliphatic rings. The number of aryl methyl sites for hydroxylation is 1. The highest BCUT2D eigenvalue weighted by Crippen LogP contribution is 2.58. The van der Waals surface area contributed by atoms with Gasteiger partial charge in [0.1, 0.15) is 17.7 Å². The highest BCUT2D eigenvalue weighted by atomic mass is 16.5. The number of carbonyl (C=O) groups excluding carboxylic acids is 4. The number of nitrogens with zero attached hydrogens (tertiary/aromatic N) is 3. The molecule has 2 unspecified atom stereocenters. The van der Waals surface area contributed by atoms with Crippen molar-refractivity contribution in [3.63, 3.8) is 0 Å². The first kappa shape index (κ1) is 36.2. The van der Waals surface area contributed by atoms with Crippen LogP contribution in [0.5, 0.6) is 0 Å². The molecule has 51 heavy (non-hydrogen) atoms. The fraction of sp³-hybridized carbons (Fsp3) is 0.622. The summed E-state index contributed by atoms with van der Waals surface area (Å²) in [6.45, 7) is 4.92. The third kappa shape index (κ3) is 7.69. The maximum Gasteiger partial charge on any atom is 0.407 e. The number of fused-ring (bicyclic) bond motifs is 4. The zero-order chi connectivity index (χ0) is 36.2. The van der Waals surface area contributed by atoms with Gasteiger partial charge in [0, 0.05) is 36.8 Å². The quantitative estimate of drug-likeness (QED) is 0.159. The van der Waals surface area contributed by atoms with Crippen LogP contribution in [0.15, 0.2) is 24.4 Å². The molecule has 2 bridgehead atoms. The van der Waals surface area contributed by atoms with Crippen LogP contribution in [0.25, 0.3) is 11.0 Å². The van der Waals surface area contributed by atoms with E-state index in [2.05, 4.69) is 48.9 Å². The van der Waals surface area contributed by atoms with E-state index in [-0.39, 0.29) is 41.1 Å². The molecule has 3 aromatic rings. The summed E-state index contributed by atoms with van der Waals surface area (Å²) in [5.74, 6) is 1.37. The Balaban J connectivity index is 1.04. The van der Waals surface area contributed by atoms with Crippen LogP contribution in [0.4, 0.5) is 9.59 Å². The van der Waals surface area contributed by atoms with Crippen LogP contribution >= 0.6 is 0 Å². The van der Waals surface area contributed by atoms with Crippen molar-refractivity contribution in [3.8, 4) is 0 Å². The van der Waals surface area contributed by atoms with Gasteiger partial charge in [-0.2, -0.15) is 0 Å². The minimum atomic E-state index is -0.653. The molecule has 1 aromatic carbocycles. The molecule has 1 saturated heterocycles. The van der Waals surface area contributed by atoms with E-state index in [0.29, 0.717) is 13.1 Å². The van der Waals surface area contributed by atoms with Gasteiger partial charge in [0.2, 0.25) is 11.8 Å². The van der Waals surface area contributed by atoms with E-state index in [0.717, 1.165) is 93.3 Å². The van der Waals surface area contributed by atoms with Gasteiger partial charge in [-0.3, -0.25) is 9.59 Å². The first-order valence-electron chi connectivity index (χ1n) is 18.3. The molecule has 7 rings (SSSR count). The second-order valence-electron chi connectivity index (χ2n) is 14.9. The largest absolute Gasteiger partial charge is 0.453 e. The lowest BCUT2D eigenvalue weighted by Gasteiger charge is -2.53. The van der Waals surface area contributed by atoms with E-state index >= 15 is 0 Å². The molecule has 14 nitrogen and oxygen atoms in total. The summed E-state index contributed by atoms with van der Waals surface area (Å²) < 4.78 is 9.26. The third-order valence-corrected chi connectivity index (χ3v) is 11.5. The Bertz CT molecular complexity index is 1710. The Morgan fingerprint density at radius 2 is 1.69 bits per heavy atom. The molecule has 3 saturated carbocycles. The standard InChI is InChI=1S/C37H52N8O6/c1-23(2)31(44-35(49)51-4)33(47)45-19-7-8-27(45)32-39-21-28(43-32)37-15-12-36(13-16-37,14-17-37)24-10-11-25-26(20-24)42-29(41-25)9-5-6-18-38-30(46)22-40-34(48)50-3/h10-11,20-21,23,27,31H,5-9,12-19,22H2,1-4H3,(H,38,46)(H,39,43)(H,40,48)(H,41,42)(H,44,49). The lowest BCUT2D eigenvalue weighted by atomic mass is 9.51. The summed E-state index contributed by atoms with van der Waals surface area (Å²) >= 11 is 0.